The molecule has 1 unspecified atom stereocenters. The van der Waals surface area contributed by atoms with Gasteiger partial charge in [-0.1, -0.05) is 44.2 Å². The fraction of sp³-hybridized carbons (Fsp3) is 0.500. The lowest BCUT2D eigenvalue weighted by Gasteiger charge is -2.21. The van der Waals surface area contributed by atoms with E-state index in [2.05, 4.69) is 31.0 Å². The van der Waals surface area contributed by atoms with E-state index in [0.29, 0.717) is 5.92 Å². The zero-order valence-corrected chi connectivity index (χ0v) is 10.4. The maximum absolute atomic E-state index is 5.97. The molecular formula is C14H19NO. The van der Waals surface area contributed by atoms with E-state index in [1.807, 2.05) is 32.0 Å². The highest BCUT2D eigenvalue weighted by molar-refractivity contribution is 6.05. The molecule has 0 aliphatic carbocycles. The highest BCUT2D eigenvalue weighted by atomic mass is 16.5. The van der Waals surface area contributed by atoms with Crippen LogP contribution >= 0.6 is 0 Å². The highest BCUT2D eigenvalue weighted by Crippen LogP contribution is 2.29. The molecule has 0 aromatic heterocycles. The summed E-state index contributed by atoms with van der Waals surface area (Å²) in [5.41, 5.74) is 1.87. The summed E-state index contributed by atoms with van der Waals surface area (Å²) in [4.78, 5) is 4.69. The first-order valence-electron chi connectivity index (χ1n) is 5.82. The van der Waals surface area contributed by atoms with Gasteiger partial charge in [0.2, 0.25) is 0 Å². The average molecular weight is 217 g/mol. The van der Waals surface area contributed by atoms with Crippen LogP contribution in [0.2, 0.25) is 0 Å². The molecule has 1 aliphatic heterocycles. The summed E-state index contributed by atoms with van der Waals surface area (Å²) in [6.45, 7) is 8.37. The van der Waals surface area contributed by atoms with Crippen LogP contribution in [0.3, 0.4) is 0 Å². The predicted octanol–water partition coefficient (Wildman–Crippen LogP) is 3.27. The van der Waals surface area contributed by atoms with Gasteiger partial charge in [0.05, 0.1) is 5.71 Å². The van der Waals surface area contributed by atoms with Crippen LogP contribution in [0.4, 0.5) is 0 Å². The lowest BCUT2D eigenvalue weighted by atomic mass is 9.97. The van der Waals surface area contributed by atoms with Crippen molar-refractivity contribution in [1.82, 2.24) is 0 Å². The van der Waals surface area contributed by atoms with Gasteiger partial charge in [0, 0.05) is 0 Å². The first kappa shape index (κ1) is 11.3. The van der Waals surface area contributed by atoms with Crippen molar-refractivity contribution < 1.29 is 4.74 Å². The Balaban J connectivity index is 2.38. The quantitative estimate of drug-likeness (QED) is 0.745. The summed E-state index contributed by atoms with van der Waals surface area (Å²) in [7, 11) is 0. The Kier molecular flexibility index (Phi) is 2.85. The van der Waals surface area contributed by atoms with Crippen LogP contribution in [0.15, 0.2) is 35.3 Å². The lowest BCUT2D eigenvalue weighted by molar-refractivity contribution is -0.0318. The highest BCUT2D eigenvalue weighted by Gasteiger charge is 2.36. The Morgan fingerprint density at radius 1 is 1.19 bits per heavy atom. The summed E-state index contributed by atoms with van der Waals surface area (Å²) in [6.07, 6.45) is 0.109. The molecule has 0 fully saturated rings. The van der Waals surface area contributed by atoms with E-state index in [-0.39, 0.29) is 11.8 Å². The number of rotatable bonds is 2. The molecule has 86 valence electrons. The van der Waals surface area contributed by atoms with Gasteiger partial charge in [-0.05, 0) is 25.3 Å². The van der Waals surface area contributed by atoms with E-state index in [9.17, 15) is 0 Å². The van der Waals surface area contributed by atoms with Crippen LogP contribution in [0.25, 0.3) is 0 Å². The van der Waals surface area contributed by atoms with Gasteiger partial charge in [-0.3, -0.25) is 4.99 Å². The van der Waals surface area contributed by atoms with Crippen molar-refractivity contribution in [3.05, 3.63) is 35.9 Å². The monoisotopic (exact) mass is 217 g/mol. The fourth-order valence-corrected chi connectivity index (χ4v) is 2.04. The molecule has 16 heavy (non-hydrogen) atoms. The molecule has 0 saturated carbocycles. The van der Waals surface area contributed by atoms with E-state index >= 15 is 0 Å². The van der Waals surface area contributed by atoms with Crippen molar-refractivity contribution >= 4 is 5.71 Å². The third-order valence-corrected chi connectivity index (χ3v) is 2.75. The van der Waals surface area contributed by atoms with Crippen molar-refractivity contribution in [2.45, 2.75) is 39.5 Å². The minimum Gasteiger partial charge on any atom is -0.345 e. The Hall–Kier alpha value is -1.15. The van der Waals surface area contributed by atoms with Crippen LogP contribution in [-0.2, 0) is 4.74 Å². The number of aliphatic imine (C=N–C) groups is 1. The van der Waals surface area contributed by atoms with Crippen molar-refractivity contribution in [1.29, 1.82) is 0 Å². The molecule has 0 N–H and O–H groups in total. The van der Waals surface area contributed by atoms with Gasteiger partial charge >= 0.3 is 0 Å². The largest absolute Gasteiger partial charge is 0.345 e. The molecule has 2 rings (SSSR count). The van der Waals surface area contributed by atoms with E-state index in [4.69, 9.17) is 4.74 Å². The first-order chi connectivity index (χ1) is 7.49. The normalized spacial score (nSPS) is 23.6. The first-order valence-corrected chi connectivity index (χ1v) is 5.82. The third-order valence-electron chi connectivity index (χ3n) is 2.75. The number of hydrogen-bond acceptors (Lipinski definition) is 2. The molecule has 2 nitrogen and oxygen atoms in total. The van der Waals surface area contributed by atoms with Crippen LogP contribution in [0, 0.1) is 5.92 Å². The summed E-state index contributed by atoms with van der Waals surface area (Å²) in [6, 6.07) is 10.3. The summed E-state index contributed by atoms with van der Waals surface area (Å²) >= 11 is 0. The van der Waals surface area contributed by atoms with Gasteiger partial charge in [-0.15, -0.1) is 0 Å². The third kappa shape index (κ3) is 2.17. The van der Waals surface area contributed by atoms with Gasteiger partial charge in [-0.2, -0.15) is 0 Å². The van der Waals surface area contributed by atoms with E-state index in [1.54, 1.807) is 0 Å². The second-order valence-electron chi connectivity index (χ2n) is 5.09. The van der Waals surface area contributed by atoms with Crippen LogP contribution in [0.1, 0.15) is 33.3 Å². The van der Waals surface area contributed by atoms with Gasteiger partial charge in [0.15, 0.2) is 5.72 Å². The standard InChI is InChI=1S/C14H19NO/c1-10(2)13-12(15-14(3,4)16-13)11-8-6-5-7-9-11/h5-10,13H,1-4H3. The Bertz CT molecular complexity index is 392. The molecule has 1 heterocycles. The molecule has 0 saturated heterocycles. The predicted molar refractivity (Wildman–Crippen MR) is 66.8 cm³/mol. The molecule has 0 bridgehead atoms. The van der Waals surface area contributed by atoms with Crippen LogP contribution in [0.5, 0.6) is 0 Å². The van der Waals surface area contributed by atoms with E-state index in [1.165, 1.54) is 5.56 Å². The second-order valence-corrected chi connectivity index (χ2v) is 5.09. The topological polar surface area (TPSA) is 21.6 Å². The second kappa shape index (κ2) is 4.02. The molecule has 2 heteroatoms. The molecule has 0 radical (unpaired) electrons. The number of nitrogens with zero attached hydrogens (tertiary/aromatic N) is 1. The van der Waals surface area contributed by atoms with Crippen molar-refractivity contribution in [3.63, 3.8) is 0 Å². The minimum absolute atomic E-state index is 0.109. The number of hydrogen-bond donors (Lipinski definition) is 0. The zero-order chi connectivity index (χ0) is 11.8. The molecule has 1 aromatic carbocycles. The van der Waals surface area contributed by atoms with Crippen LogP contribution in [-0.4, -0.2) is 17.5 Å². The molecule has 1 aliphatic rings. The Labute approximate surface area is 97.4 Å². The maximum atomic E-state index is 5.97. The van der Waals surface area contributed by atoms with Crippen molar-refractivity contribution in [2.75, 3.05) is 0 Å². The van der Waals surface area contributed by atoms with E-state index < -0.39 is 0 Å². The minimum atomic E-state index is -0.389. The lowest BCUT2D eigenvalue weighted by Crippen LogP contribution is -2.29. The van der Waals surface area contributed by atoms with Crippen LogP contribution < -0.4 is 0 Å². The SMILES string of the molecule is CC(C)C1OC(C)(C)N=C1c1ccccc1. The van der Waals surface area contributed by atoms with Crippen molar-refractivity contribution in [2.24, 2.45) is 10.9 Å². The smallest absolute Gasteiger partial charge is 0.154 e. The van der Waals surface area contributed by atoms with Gasteiger partial charge < -0.3 is 4.74 Å². The molecular weight excluding hydrogens is 198 g/mol. The van der Waals surface area contributed by atoms with Gasteiger partial charge in [0.1, 0.15) is 6.10 Å². The number of benzene rings is 1. The summed E-state index contributed by atoms with van der Waals surface area (Å²) in [5, 5.41) is 0. The molecule has 1 atom stereocenters. The van der Waals surface area contributed by atoms with Gasteiger partial charge in [0.25, 0.3) is 0 Å². The summed E-state index contributed by atoms with van der Waals surface area (Å²) in [5.74, 6) is 0.445. The Morgan fingerprint density at radius 3 is 2.38 bits per heavy atom. The molecule has 0 spiro atoms. The fourth-order valence-electron chi connectivity index (χ4n) is 2.04. The summed E-state index contributed by atoms with van der Waals surface area (Å²) < 4.78 is 5.97. The number of ether oxygens (including phenoxy) is 1. The van der Waals surface area contributed by atoms with E-state index in [0.717, 1.165) is 5.71 Å². The maximum Gasteiger partial charge on any atom is 0.154 e. The molecule has 0 amide bonds. The van der Waals surface area contributed by atoms with Gasteiger partial charge in [-0.25, -0.2) is 0 Å². The van der Waals surface area contributed by atoms with Crippen molar-refractivity contribution in [3.8, 4) is 0 Å². The Morgan fingerprint density at radius 2 is 1.81 bits per heavy atom. The molecule has 1 aromatic rings. The zero-order valence-electron chi connectivity index (χ0n) is 10.4. The average Bonchev–Trinajstić information content (AvgIpc) is 2.56.